The van der Waals surface area contributed by atoms with Gasteiger partial charge in [0.15, 0.2) is 11.5 Å². The summed E-state index contributed by atoms with van der Waals surface area (Å²) < 4.78 is 24.0. The van der Waals surface area contributed by atoms with Gasteiger partial charge in [-0.3, -0.25) is 0 Å². The fourth-order valence-electron chi connectivity index (χ4n) is 1.94. The van der Waals surface area contributed by atoms with Gasteiger partial charge in [-0.05, 0) is 18.6 Å². The number of fused-ring (bicyclic) bond motifs is 1. The van der Waals surface area contributed by atoms with E-state index in [0.29, 0.717) is 36.9 Å². The molecule has 0 N–H and O–H groups in total. The maximum Gasteiger partial charge on any atom is 0.379 e. The van der Waals surface area contributed by atoms with E-state index in [4.69, 9.17) is 18.6 Å². The largest absolute Gasteiger partial charge is 0.489 e. The quantitative estimate of drug-likeness (QED) is 0.269. The van der Waals surface area contributed by atoms with E-state index < -0.39 is 5.63 Å². The highest BCUT2D eigenvalue weighted by Crippen LogP contribution is 2.33. The van der Waals surface area contributed by atoms with Crippen molar-refractivity contribution in [1.29, 1.82) is 0 Å². The molecule has 0 spiro atoms. The molecule has 1 aromatic heterocycles. The molecular formula is C16H18I2O5. The minimum absolute atomic E-state index is 0.222. The fourth-order valence-corrected chi connectivity index (χ4v) is 2.38. The first-order chi connectivity index (χ1) is 11.2. The lowest BCUT2D eigenvalue weighted by molar-refractivity contribution is 0.292. The van der Waals surface area contributed by atoms with E-state index in [1.807, 2.05) is 13.0 Å². The van der Waals surface area contributed by atoms with Crippen LogP contribution in [0.2, 0.25) is 0 Å². The second-order valence-electron chi connectivity index (χ2n) is 4.66. The lowest BCUT2D eigenvalue weighted by Crippen LogP contribution is -2.08. The maximum atomic E-state index is 12.0. The standard InChI is InChI=1S/C16H18I2O5/c1-2-5-20-15-9-11-8-13(21-6-3-17)14(22-7-4-18)10-12(11)23-16(15)19/h8-10H,2-7H2,1H3. The highest BCUT2D eigenvalue weighted by Gasteiger charge is 2.13. The average molecular weight is 544 g/mol. The van der Waals surface area contributed by atoms with Crippen LogP contribution in [0.3, 0.4) is 0 Å². The zero-order chi connectivity index (χ0) is 16.7. The molecule has 0 unspecified atom stereocenters. The van der Waals surface area contributed by atoms with Gasteiger partial charge in [0.1, 0.15) is 5.58 Å². The van der Waals surface area contributed by atoms with Gasteiger partial charge in [-0.25, -0.2) is 4.79 Å². The van der Waals surface area contributed by atoms with Crippen molar-refractivity contribution in [2.45, 2.75) is 13.3 Å². The van der Waals surface area contributed by atoms with Gasteiger partial charge < -0.3 is 18.6 Å². The van der Waals surface area contributed by atoms with Gasteiger partial charge >= 0.3 is 5.63 Å². The number of hydrogen-bond donors (Lipinski definition) is 0. The van der Waals surface area contributed by atoms with Gasteiger partial charge in [0.05, 0.1) is 19.8 Å². The van der Waals surface area contributed by atoms with Gasteiger partial charge in [-0.2, -0.15) is 0 Å². The van der Waals surface area contributed by atoms with Gasteiger partial charge in [0.2, 0.25) is 5.75 Å². The predicted molar refractivity (Wildman–Crippen MR) is 107 cm³/mol. The van der Waals surface area contributed by atoms with E-state index in [1.54, 1.807) is 12.1 Å². The van der Waals surface area contributed by atoms with E-state index in [9.17, 15) is 4.79 Å². The third-order valence-electron chi connectivity index (χ3n) is 2.90. The Balaban J connectivity index is 2.43. The van der Waals surface area contributed by atoms with E-state index in [0.717, 1.165) is 20.7 Å². The molecule has 126 valence electrons. The number of alkyl halides is 2. The first kappa shape index (κ1) is 18.6. The fraction of sp³-hybridized carbons (Fsp3) is 0.438. The minimum atomic E-state index is -0.480. The van der Waals surface area contributed by atoms with Gasteiger partial charge in [0.25, 0.3) is 0 Å². The molecule has 0 saturated heterocycles. The number of hydrogen-bond acceptors (Lipinski definition) is 5. The molecule has 0 amide bonds. The van der Waals surface area contributed by atoms with Crippen molar-refractivity contribution in [3.05, 3.63) is 28.6 Å². The summed E-state index contributed by atoms with van der Waals surface area (Å²) >= 11 is 4.49. The first-order valence-corrected chi connectivity index (χ1v) is 10.4. The molecule has 5 nitrogen and oxygen atoms in total. The van der Waals surface area contributed by atoms with Crippen LogP contribution >= 0.6 is 45.2 Å². The SMILES string of the molecule is CCCOc1cc2cc(OCCI)c(OCCI)cc2oc1=O. The summed E-state index contributed by atoms with van der Waals surface area (Å²) in [6, 6.07) is 5.22. The lowest BCUT2D eigenvalue weighted by Gasteiger charge is -2.13. The van der Waals surface area contributed by atoms with Crippen LogP contribution in [0.25, 0.3) is 11.0 Å². The van der Waals surface area contributed by atoms with Crippen LogP contribution in [0.4, 0.5) is 0 Å². The molecule has 0 fully saturated rings. The Morgan fingerprint density at radius 1 is 0.913 bits per heavy atom. The molecule has 2 rings (SSSR count). The lowest BCUT2D eigenvalue weighted by atomic mass is 10.2. The van der Waals surface area contributed by atoms with E-state index in [1.165, 1.54) is 0 Å². The Morgan fingerprint density at radius 3 is 2.09 bits per heavy atom. The van der Waals surface area contributed by atoms with Crippen molar-refractivity contribution < 1.29 is 18.6 Å². The normalized spacial score (nSPS) is 10.7. The highest BCUT2D eigenvalue weighted by atomic mass is 127. The Kier molecular flexibility index (Phi) is 7.74. The van der Waals surface area contributed by atoms with E-state index in [2.05, 4.69) is 45.2 Å². The average Bonchev–Trinajstić information content (AvgIpc) is 2.56. The summed E-state index contributed by atoms with van der Waals surface area (Å²) in [5, 5.41) is 0.751. The molecule has 1 aromatic carbocycles. The number of benzene rings is 1. The van der Waals surface area contributed by atoms with Gasteiger partial charge in [-0.15, -0.1) is 0 Å². The summed E-state index contributed by atoms with van der Waals surface area (Å²) in [7, 11) is 0. The Hall–Kier alpha value is -0.710. The maximum absolute atomic E-state index is 12.0. The third-order valence-corrected chi connectivity index (χ3v) is 3.78. The topological polar surface area (TPSA) is 57.9 Å². The molecular weight excluding hydrogens is 526 g/mol. The molecule has 0 aliphatic rings. The summed E-state index contributed by atoms with van der Waals surface area (Å²) in [5.41, 5.74) is -0.0177. The van der Waals surface area contributed by atoms with Crippen molar-refractivity contribution in [3.63, 3.8) is 0 Å². The van der Waals surface area contributed by atoms with Crippen LogP contribution in [-0.4, -0.2) is 28.7 Å². The van der Waals surface area contributed by atoms with Crippen molar-refractivity contribution in [2.75, 3.05) is 28.7 Å². The van der Waals surface area contributed by atoms with E-state index in [-0.39, 0.29) is 5.75 Å². The van der Waals surface area contributed by atoms with Crippen LogP contribution in [0.15, 0.2) is 27.4 Å². The van der Waals surface area contributed by atoms with E-state index >= 15 is 0 Å². The summed E-state index contributed by atoms with van der Waals surface area (Å²) in [4.78, 5) is 12.0. The van der Waals surface area contributed by atoms with Gasteiger partial charge in [0, 0.05) is 20.3 Å². The molecule has 7 heteroatoms. The summed E-state index contributed by atoms with van der Waals surface area (Å²) in [6.45, 7) is 3.61. The van der Waals surface area contributed by atoms with Crippen LogP contribution in [0.1, 0.15) is 13.3 Å². The first-order valence-electron chi connectivity index (χ1n) is 7.31. The third kappa shape index (κ3) is 5.13. The van der Waals surface area contributed by atoms with Crippen LogP contribution < -0.4 is 19.8 Å². The number of ether oxygens (including phenoxy) is 3. The molecule has 23 heavy (non-hydrogen) atoms. The molecule has 0 saturated carbocycles. The summed E-state index contributed by atoms with van der Waals surface area (Å²) in [5.74, 6) is 1.46. The minimum Gasteiger partial charge on any atom is -0.489 e. The van der Waals surface area contributed by atoms with Crippen molar-refractivity contribution >= 4 is 56.2 Å². The van der Waals surface area contributed by atoms with Crippen LogP contribution in [0.5, 0.6) is 17.2 Å². The van der Waals surface area contributed by atoms with Crippen LogP contribution in [0, 0.1) is 0 Å². The Morgan fingerprint density at radius 2 is 1.48 bits per heavy atom. The smallest absolute Gasteiger partial charge is 0.379 e. The van der Waals surface area contributed by atoms with Crippen molar-refractivity contribution in [1.82, 2.24) is 0 Å². The zero-order valence-electron chi connectivity index (χ0n) is 12.8. The zero-order valence-corrected chi connectivity index (χ0v) is 17.1. The second-order valence-corrected chi connectivity index (χ2v) is 6.82. The summed E-state index contributed by atoms with van der Waals surface area (Å²) in [6.07, 6.45) is 0.824. The Bertz CT molecular complexity index is 699. The molecule has 0 atom stereocenters. The monoisotopic (exact) mass is 544 g/mol. The van der Waals surface area contributed by atoms with Crippen molar-refractivity contribution in [3.8, 4) is 17.2 Å². The molecule has 1 heterocycles. The molecule has 0 radical (unpaired) electrons. The Labute approximate surface area is 161 Å². The predicted octanol–water partition coefficient (Wildman–Crippen LogP) is 4.21. The second kappa shape index (κ2) is 9.55. The van der Waals surface area contributed by atoms with Crippen LogP contribution in [-0.2, 0) is 0 Å². The molecule has 0 aliphatic heterocycles. The molecule has 0 bridgehead atoms. The highest BCUT2D eigenvalue weighted by molar-refractivity contribution is 14.1. The number of halogens is 2. The molecule has 0 aliphatic carbocycles. The molecule has 2 aromatic rings. The van der Waals surface area contributed by atoms with Gasteiger partial charge in [-0.1, -0.05) is 52.1 Å². The van der Waals surface area contributed by atoms with Crippen molar-refractivity contribution in [2.24, 2.45) is 0 Å². The number of rotatable bonds is 9.